The van der Waals surface area contributed by atoms with Gasteiger partial charge in [-0.2, -0.15) is 0 Å². The third-order valence-electron chi connectivity index (χ3n) is 9.59. The van der Waals surface area contributed by atoms with Crippen LogP contribution < -0.4 is 21.3 Å². The largest absolute Gasteiger partial charge is 0.399 e. The van der Waals surface area contributed by atoms with Crippen LogP contribution in [-0.2, 0) is 0 Å². The molecular weight excluding hydrogens is 444 g/mol. The van der Waals surface area contributed by atoms with Crippen molar-refractivity contribution in [1.29, 1.82) is 0 Å². The van der Waals surface area contributed by atoms with E-state index in [2.05, 4.69) is 74.1 Å². The first kappa shape index (κ1) is 25.2. The summed E-state index contributed by atoms with van der Waals surface area (Å²) in [6, 6.07) is 14.4. The number of aryl methyl sites for hydroxylation is 2. The molecular formula is C30H48N6+2. The maximum atomic E-state index is 6.10. The normalized spacial score (nSPS) is 30.8. The minimum Gasteiger partial charge on any atom is -0.399 e. The lowest BCUT2D eigenvalue weighted by Gasteiger charge is -2.49. The maximum Gasteiger partial charge on any atom is 0.129 e. The highest BCUT2D eigenvalue weighted by atomic mass is 15.5. The van der Waals surface area contributed by atoms with Gasteiger partial charge in [0.25, 0.3) is 0 Å². The summed E-state index contributed by atoms with van der Waals surface area (Å²) in [5.41, 5.74) is 19.1. The van der Waals surface area contributed by atoms with Crippen LogP contribution in [0.15, 0.2) is 36.4 Å². The van der Waals surface area contributed by atoms with E-state index in [1.165, 1.54) is 110 Å². The second kappa shape index (κ2) is 9.79. The third-order valence-corrected chi connectivity index (χ3v) is 9.59. The van der Waals surface area contributed by atoms with E-state index in [9.17, 15) is 0 Å². The van der Waals surface area contributed by atoms with Crippen LogP contribution in [0.3, 0.4) is 0 Å². The van der Waals surface area contributed by atoms with Gasteiger partial charge >= 0.3 is 0 Å². The summed E-state index contributed by atoms with van der Waals surface area (Å²) in [6.45, 7) is 14.2. The lowest BCUT2D eigenvalue weighted by molar-refractivity contribution is -1.02. The molecule has 3 aliphatic rings. The van der Waals surface area contributed by atoms with Gasteiger partial charge in [-0.15, -0.1) is 0 Å². The molecule has 2 unspecified atom stereocenters. The molecule has 3 aliphatic heterocycles. The molecule has 0 aromatic heterocycles. The Morgan fingerprint density at radius 3 is 1.44 bits per heavy atom. The number of benzene rings is 2. The molecule has 6 heteroatoms. The predicted octanol–water partition coefficient (Wildman–Crippen LogP) is 4.01. The van der Waals surface area contributed by atoms with E-state index in [1.807, 2.05) is 0 Å². The first-order chi connectivity index (χ1) is 17.1. The molecule has 0 radical (unpaired) electrons. The van der Waals surface area contributed by atoms with Gasteiger partial charge < -0.3 is 30.2 Å². The SMILES string of the molecule is Cc1cc(N2CCCC2C[N+]2(C)CC[N+](C)(CC3CCCN3c3ccc(N)c(C)c3)CC2)ccc1N. The number of rotatable bonds is 6. The monoisotopic (exact) mass is 492 g/mol. The number of likely N-dealkylation sites (N-methyl/N-ethyl adjacent to an activating group) is 2. The minimum atomic E-state index is 0.633. The van der Waals surface area contributed by atoms with E-state index in [0.717, 1.165) is 11.4 Å². The van der Waals surface area contributed by atoms with Crippen molar-refractivity contribution in [3.05, 3.63) is 47.5 Å². The molecule has 6 nitrogen and oxygen atoms in total. The first-order valence-corrected chi connectivity index (χ1v) is 14.1. The molecule has 36 heavy (non-hydrogen) atoms. The van der Waals surface area contributed by atoms with Crippen molar-refractivity contribution in [1.82, 2.24) is 0 Å². The molecule has 2 atom stereocenters. The Bertz CT molecular complexity index is 988. The van der Waals surface area contributed by atoms with Crippen LogP contribution in [0, 0.1) is 13.8 Å². The van der Waals surface area contributed by atoms with Crippen molar-refractivity contribution in [2.24, 2.45) is 0 Å². The Balaban J connectivity index is 1.21. The highest BCUT2D eigenvalue weighted by molar-refractivity contribution is 5.60. The summed E-state index contributed by atoms with van der Waals surface area (Å²) in [5, 5.41) is 0. The summed E-state index contributed by atoms with van der Waals surface area (Å²) in [4.78, 5) is 5.31. The summed E-state index contributed by atoms with van der Waals surface area (Å²) in [5.74, 6) is 0. The van der Waals surface area contributed by atoms with Crippen LogP contribution in [0.4, 0.5) is 22.7 Å². The predicted molar refractivity (Wildman–Crippen MR) is 153 cm³/mol. The van der Waals surface area contributed by atoms with Gasteiger partial charge in [0.1, 0.15) is 26.2 Å². The Hall–Kier alpha value is -2.44. The fraction of sp³-hybridized carbons (Fsp3) is 0.600. The summed E-state index contributed by atoms with van der Waals surface area (Å²) in [6.07, 6.45) is 5.21. The summed E-state index contributed by atoms with van der Waals surface area (Å²) >= 11 is 0. The highest BCUT2D eigenvalue weighted by Gasteiger charge is 2.42. The Labute approximate surface area is 218 Å². The van der Waals surface area contributed by atoms with Crippen molar-refractivity contribution < 1.29 is 8.97 Å². The second-order valence-electron chi connectivity index (χ2n) is 12.6. The van der Waals surface area contributed by atoms with E-state index < -0.39 is 0 Å². The van der Waals surface area contributed by atoms with Gasteiger partial charge in [0, 0.05) is 35.8 Å². The molecule has 3 heterocycles. The molecule has 4 N–H and O–H groups in total. The highest BCUT2D eigenvalue weighted by Crippen LogP contribution is 2.32. The van der Waals surface area contributed by atoms with Gasteiger partial charge in [-0.05, 0) is 87.1 Å². The first-order valence-electron chi connectivity index (χ1n) is 14.1. The van der Waals surface area contributed by atoms with Crippen molar-refractivity contribution in [2.45, 2.75) is 51.6 Å². The second-order valence-corrected chi connectivity index (χ2v) is 12.6. The molecule has 0 saturated carbocycles. The van der Waals surface area contributed by atoms with Crippen LogP contribution in [0.5, 0.6) is 0 Å². The van der Waals surface area contributed by atoms with E-state index in [4.69, 9.17) is 11.5 Å². The molecule has 3 fully saturated rings. The zero-order valence-corrected chi connectivity index (χ0v) is 23.0. The van der Waals surface area contributed by atoms with Crippen molar-refractivity contribution >= 4 is 22.7 Å². The fourth-order valence-corrected chi connectivity index (χ4v) is 6.98. The summed E-state index contributed by atoms with van der Waals surface area (Å²) < 4.78 is 2.41. The van der Waals surface area contributed by atoms with E-state index >= 15 is 0 Å². The number of anilines is 4. The van der Waals surface area contributed by atoms with Crippen LogP contribution in [0.1, 0.15) is 36.8 Å². The zero-order valence-electron chi connectivity index (χ0n) is 23.0. The molecule has 3 saturated heterocycles. The van der Waals surface area contributed by atoms with Gasteiger partial charge in [-0.1, -0.05) is 0 Å². The van der Waals surface area contributed by atoms with Crippen LogP contribution in [-0.4, -0.2) is 87.5 Å². The average molecular weight is 493 g/mol. The lowest BCUT2D eigenvalue weighted by Crippen LogP contribution is -2.67. The number of nitrogens with two attached hydrogens (primary N) is 2. The van der Waals surface area contributed by atoms with Gasteiger partial charge in [-0.3, -0.25) is 0 Å². The topological polar surface area (TPSA) is 58.5 Å². The van der Waals surface area contributed by atoms with E-state index in [0.29, 0.717) is 12.1 Å². The van der Waals surface area contributed by atoms with E-state index in [-0.39, 0.29) is 0 Å². The molecule has 5 rings (SSSR count). The van der Waals surface area contributed by atoms with Gasteiger partial charge in [-0.25, -0.2) is 0 Å². The Morgan fingerprint density at radius 1 is 0.694 bits per heavy atom. The average Bonchev–Trinajstić information content (AvgIpc) is 3.49. The number of hydrogen-bond donors (Lipinski definition) is 2. The van der Waals surface area contributed by atoms with Crippen LogP contribution in [0.2, 0.25) is 0 Å². The molecule has 2 aromatic carbocycles. The van der Waals surface area contributed by atoms with Crippen LogP contribution >= 0.6 is 0 Å². The molecule has 2 aromatic rings. The number of hydrogen-bond acceptors (Lipinski definition) is 4. The summed E-state index contributed by atoms with van der Waals surface area (Å²) in [7, 11) is 5.01. The Morgan fingerprint density at radius 2 is 1.08 bits per heavy atom. The van der Waals surface area contributed by atoms with Gasteiger partial charge in [0.2, 0.25) is 0 Å². The number of quaternary nitrogens is 2. The molecule has 0 amide bonds. The fourth-order valence-electron chi connectivity index (χ4n) is 6.98. The Kier molecular flexibility index (Phi) is 6.86. The van der Waals surface area contributed by atoms with Gasteiger partial charge in [0.15, 0.2) is 0 Å². The number of piperazine rings is 1. The maximum absolute atomic E-state index is 6.10. The molecule has 0 bridgehead atoms. The van der Waals surface area contributed by atoms with Gasteiger partial charge in [0.05, 0.1) is 39.3 Å². The van der Waals surface area contributed by atoms with Crippen molar-refractivity contribution in [3.8, 4) is 0 Å². The number of nitrogen functional groups attached to an aromatic ring is 2. The molecule has 0 aliphatic carbocycles. The van der Waals surface area contributed by atoms with Crippen LogP contribution in [0.25, 0.3) is 0 Å². The van der Waals surface area contributed by atoms with Crippen molar-refractivity contribution in [3.63, 3.8) is 0 Å². The zero-order chi connectivity index (χ0) is 25.5. The minimum absolute atomic E-state index is 0.633. The third kappa shape index (κ3) is 5.16. The molecule has 196 valence electrons. The lowest BCUT2D eigenvalue weighted by atomic mass is 10.1. The quantitative estimate of drug-likeness (QED) is 0.473. The smallest absolute Gasteiger partial charge is 0.129 e. The standard InChI is InChI=1S/C30H48N6/c1-23-19-25(9-11-29(23)31)33-13-5-7-27(33)21-35(3)15-17-36(4,18-16-35)22-28-8-6-14-34(28)26-10-12-30(32)24(2)20-26/h9-12,19-20,27-28H,5-8,13-18,21-22,31-32H2,1-4H3/q+2. The van der Waals surface area contributed by atoms with Crippen molar-refractivity contribution in [2.75, 3.05) is 87.7 Å². The van der Waals surface area contributed by atoms with E-state index in [1.54, 1.807) is 0 Å². The molecule has 0 spiro atoms. The number of nitrogens with zero attached hydrogens (tertiary/aromatic N) is 4.